The molecule has 2 aromatic rings. The third kappa shape index (κ3) is 5.46. The molecule has 0 saturated heterocycles. The topological polar surface area (TPSA) is 134 Å². The number of hydrogen-bond donors (Lipinski definition) is 2. The van der Waals surface area contributed by atoms with E-state index in [4.69, 9.17) is 10.00 Å². The molecule has 0 bridgehead atoms. The fraction of sp³-hybridized carbons (Fsp3) is 0.211. The van der Waals surface area contributed by atoms with E-state index < -0.39 is 23.4 Å². The molecule has 9 nitrogen and oxygen atoms in total. The maximum Gasteiger partial charge on any atom is 0.338 e. The van der Waals surface area contributed by atoms with Crippen LogP contribution in [0.25, 0.3) is 0 Å². The zero-order valence-electron chi connectivity index (χ0n) is 15.9. The molecule has 2 rings (SSSR count). The first-order valence-corrected chi connectivity index (χ1v) is 9.18. The van der Waals surface area contributed by atoms with Gasteiger partial charge < -0.3 is 15.4 Å². The van der Waals surface area contributed by atoms with Gasteiger partial charge in [0, 0.05) is 23.7 Å². The van der Waals surface area contributed by atoms with Crippen LogP contribution in [0, 0.1) is 34.6 Å². The van der Waals surface area contributed by atoms with Crippen molar-refractivity contribution in [2.24, 2.45) is 0 Å². The van der Waals surface area contributed by atoms with E-state index in [9.17, 15) is 19.7 Å². The van der Waals surface area contributed by atoms with Crippen molar-refractivity contribution in [2.45, 2.75) is 18.7 Å². The van der Waals surface area contributed by atoms with Crippen molar-refractivity contribution in [2.75, 3.05) is 24.3 Å². The standard InChI is InChI=1S/C19H18N4O5S/c1-11-6-14(29-10-20)7-12(2)18(11)22-17(24)9-28-19(25)13-4-5-15(21-3)16(8-13)23(26)27/h4-8,21H,9H2,1-3H3,(H,22,24). The molecule has 0 aromatic heterocycles. The van der Waals surface area contributed by atoms with Crippen LogP contribution in [0.4, 0.5) is 17.1 Å². The number of nitrogens with one attached hydrogen (secondary N) is 2. The maximum absolute atomic E-state index is 12.2. The third-order valence-corrected chi connectivity index (χ3v) is 4.53. The highest BCUT2D eigenvalue weighted by atomic mass is 32.2. The fourth-order valence-corrected chi connectivity index (χ4v) is 3.22. The Labute approximate surface area is 171 Å². The molecule has 2 aromatic carbocycles. The summed E-state index contributed by atoms with van der Waals surface area (Å²) in [5.74, 6) is -1.40. The first kappa shape index (κ1) is 21.7. The summed E-state index contributed by atoms with van der Waals surface area (Å²) in [5.41, 5.74) is 2.05. The molecule has 2 N–H and O–H groups in total. The molecule has 10 heteroatoms. The molecule has 150 valence electrons. The first-order valence-electron chi connectivity index (χ1n) is 8.37. The van der Waals surface area contributed by atoms with Crippen molar-refractivity contribution in [3.05, 3.63) is 57.1 Å². The molecule has 0 aliphatic carbocycles. The van der Waals surface area contributed by atoms with Crippen LogP contribution in [0.1, 0.15) is 21.5 Å². The van der Waals surface area contributed by atoms with Gasteiger partial charge in [-0.3, -0.25) is 14.9 Å². The summed E-state index contributed by atoms with van der Waals surface area (Å²) in [6.45, 7) is 3.03. The summed E-state index contributed by atoms with van der Waals surface area (Å²) in [7, 11) is 1.53. The van der Waals surface area contributed by atoms with E-state index in [-0.39, 0.29) is 16.9 Å². The predicted octanol–water partition coefficient (Wildman–Crippen LogP) is 3.62. The first-order chi connectivity index (χ1) is 13.8. The van der Waals surface area contributed by atoms with Crippen LogP contribution in [0.15, 0.2) is 35.2 Å². The number of nitro groups is 1. The number of ether oxygens (including phenoxy) is 1. The van der Waals surface area contributed by atoms with Crippen molar-refractivity contribution in [3.8, 4) is 5.40 Å². The van der Waals surface area contributed by atoms with E-state index in [1.807, 2.05) is 5.40 Å². The van der Waals surface area contributed by atoms with Gasteiger partial charge in [-0.2, -0.15) is 5.26 Å². The van der Waals surface area contributed by atoms with Crippen LogP contribution in [0.5, 0.6) is 0 Å². The number of amides is 1. The Morgan fingerprint density at radius 1 is 1.24 bits per heavy atom. The molecule has 0 atom stereocenters. The Bertz CT molecular complexity index is 993. The Morgan fingerprint density at radius 2 is 1.90 bits per heavy atom. The largest absolute Gasteiger partial charge is 0.452 e. The van der Waals surface area contributed by atoms with E-state index in [1.54, 1.807) is 26.0 Å². The Kier molecular flexibility index (Phi) is 7.16. The molecule has 0 aliphatic heterocycles. The molecule has 0 heterocycles. The highest BCUT2D eigenvalue weighted by molar-refractivity contribution is 8.03. The summed E-state index contributed by atoms with van der Waals surface area (Å²) < 4.78 is 4.97. The SMILES string of the molecule is CNc1ccc(C(=O)OCC(=O)Nc2c(C)cc(SC#N)cc2C)cc1[N+](=O)[O-]. The van der Waals surface area contributed by atoms with Gasteiger partial charge in [0.15, 0.2) is 6.61 Å². The van der Waals surface area contributed by atoms with E-state index >= 15 is 0 Å². The highest BCUT2D eigenvalue weighted by Gasteiger charge is 2.19. The van der Waals surface area contributed by atoms with Gasteiger partial charge in [-0.1, -0.05) is 0 Å². The van der Waals surface area contributed by atoms with Crippen molar-refractivity contribution >= 4 is 40.7 Å². The van der Waals surface area contributed by atoms with Gasteiger partial charge >= 0.3 is 5.97 Å². The third-order valence-electron chi connectivity index (χ3n) is 3.97. The summed E-state index contributed by atoms with van der Waals surface area (Å²) in [5, 5.41) is 27.2. The predicted molar refractivity (Wildman–Crippen MR) is 109 cm³/mol. The zero-order valence-corrected chi connectivity index (χ0v) is 16.8. The molecule has 0 spiro atoms. The fourth-order valence-electron chi connectivity index (χ4n) is 2.64. The molecular formula is C19H18N4O5S. The van der Waals surface area contributed by atoms with E-state index in [2.05, 4.69) is 10.6 Å². The molecule has 29 heavy (non-hydrogen) atoms. The lowest BCUT2D eigenvalue weighted by molar-refractivity contribution is -0.384. The van der Waals surface area contributed by atoms with E-state index in [0.29, 0.717) is 5.69 Å². The number of thiocyanates is 1. The maximum atomic E-state index is 12.2. The van der Waals surface area contributed by atoms with Crippen molar-refractivity contribution in [1.29, 1.82) is 5.26 Å². The normalized spacial score (nSPS) is 10.0. The second kappa shape index (κ2) is 9.57. The van der Waals surface area contributed by atoms with Crippen LogP contribution in [-0.2, 0) is 9.53 Å². The summed E-state index contributed by atoms with van der Waals surface area (Å²) in [4.78, 5) is 35.6. The number of rotatable bonds is 7. The van der Waals surface area contributed by atoms with Crippen molar-refractivity contribution < 1.29 is 19.2 Å². The molecular weight excluding hydrogens is 396 g/mol. The number of thioether (sulfide) groups is 1. The molecule has 1 amide bonds. The summed E-state index contributed by atoms with van der Waals surface area (Å²) in [6, 6.07) is 7.39. The number of esters is 1. The van der Waals surface area contributed by atoms with Crippen LogP contribution < -0.4 is 10.6 Å². The number of nitriles is 1. The second-order valence-corrected chi connectivity index (χ2v) is 6.85. The molecule has 0 fully saturated rings. The number of carbonyl (C=O) groups excluding carboxylic acids is 2. The number of nitro benzene ring substituents is 1. The number of carbonyl (C=O) groups is 2. The summed E-state index contributed by atoms with van der Waals surface area (Å²) >= 11 is 1.02. The van der Waals surface area contributed by atoms with Crippen LogP contribution >= 0.6 is 11.8 Å². The Morgan fingerprint density at radius 3 is 2.45 bits per heavy atom. The number of hydrogen-bond acceptors (Lipinski definition) is 8. The number of anilines is 2. The minimum absolute atomic E-state index is 0.0336. The zero-order chi connectivity index (χ0) is 21.6. The number of nitrogens with zero attached hydrogens (tertiary/aromatic N) is 2. The van der Waals surface area contributed by atoms with Gasteiger partial charge in [-0.25, -0.2) is 4.79 Å². The van der Waals surface area contributed by atoms with Gasteiger partial charge in [-0.05, 0) is 61.0 Å². The van der Waals surface area contributed by atoms with Crippen LogP contribution in [0.2, 0.25) is 0 Å². The minimum Gasteiger partial charge on any atom is -0.452 e. The highest BCUT2D eigenvalue weighted by Crippen LogP contribution is 2.28. The number of aryl methyl sites for hydroxylation is 2. The van der Waals surface area contributed by atoms with Gasteiger partial charge in [0.05, 0.1) is 10.5 Å². The smallest absolute Gasteiger partial charge is 0.338 e. The van der Waals surface area contributed by atoms with Crippen LogP contribution in [0.3, 0.4) is 0 Å². The molecule has 0 aliphatic rings. The lowest BCUT2D eigenvalue weighted by Gasteiger charge is -2.13. The molecule has 0 unspecified atom stereocenters. The van der Waals surface area contributed by atoms with Gasteiger partial charge in [0.25, 0.3) is 11.6 Å². The Hall–Kier alpha value is -3.58. The second-order valence-electron chi connectivity index (χ2n) is 5.99. The van der Waals surface area contributed by atoms with Gasteiger partial charge in [0.2, 0.25) is 0 Å². The van der Waals surface area contributed by atoms with E-state index in [1.165, 1.54) is 19.2 Å². The lowest BCUT2D eigenvalue weighted by Crippen LogP contribution is -2.22. The quantitative estimate of drug-likeness (QED) is 0.231. The summed E-state index contributed by atoms with van der Waals surface area (Å²) in [6.07, 6.45) is 0. The van der Waals surface area contributed by atoms with E-state index in [0.717, 1.165) is 33.9 Å². The average molecular weight is 414 g/mol. The van der Waals surface area contributed by atoms with Gasteiger partial charge in [0.1, 0.15) is 11.1 Å². The van der Waals surface area contributed by atoms with Crippen LogP contribution in [-0.4, -0.2) is 30.5 Å². The average Bonchev–Trinajstić information content (AvgIpc) is 2.68. The minimum atomic E-state index is -0.847. The molecule has 0 radical (unpaired) electrons. The molecule has 0 saturated carbocycles. The van der Waals surface area contributed by atoms with Gasteiger partial charge in [-0.15, -0.1) is 0 Å². The Balaban J connectivity index is 2.05. The monoisotopic (exact) mass is 414 g/mol. The lowest BCUT2D eigenvalue weighted by atomic mass is 10.1. The number of benzene rings is 2. The van der Waals surface area contributed by atoms with Crippen molar-refractivity contribution in [3.63, 3.8) is 0 Å². The van der Waals surface area contributed by atoms with Crippen molar-refractivity contribution in [1.82, 2.24) is 0 Å².